The van der Waals surface area contributed by atoms with Gasteiger partial charge in [-0.2, -0.15) is 0 Å². The fourth-order valence-corrected chi connectivity index (χ4v) is 2.90. The highest BCUT2D eigenvalue weighted by molar-refractivity contribution is 5.25. The summed E-state index contributed by atoms with van der Waals surface area (Å²) in [5.74, 6) is 0. The van der Waals surface area contributed by atoms with Crippen LogP contribution in [0.3, 0.4) is 0 Å². The van der Waals surface area contributed by atoms with Crippen LogP contribution in [0, 0.1) is 0 Å². The minimum Gasteiger partial charge on any atom is -0.383 e. The van der Waals surface area contributed by atoms with Crippen LogP contribution in [0.25, 0.3) is 0 Å². The Kier molecular flexibility index (Phi) is 4.97. The highest BCUT2D eigenvalue weighted by Crippen LogP contribution is 2.32. The number of hydrogen-bond donors (Lipinski definition) is 2. The molecule has 1 aromatic rings. The van der Waals surface area contributed by atoms with Crippen molar-refractivity contribution in [2.24, 2.45) is 0 Å². The average Bonchev–Trinajstić information content (AvgIpc) is 2.46. The van der Waals surface area contributed by atoms with E-state index in [2.05, 4.69) is 24.3 Å². The zero-order chi connectivity index (χ0) is 13.7. The summed E-state index contributed by atoms with van der Waals surface area (Å²) in [6, 6.07) is 10.3. The zero-order valence-electron chi connectivity index (χ0n) is 12.1. The SMILES string of the molecule is CN(C)CCC(O)(c1ccccc1)C1CCCCN1. The number of benzene rings is 1. The Morgan fingerprint density at radius 2 is 2.00 bits per heavy atom. The number of nitrogens with zero attached hydrogens (tertiary/aromatic N) is 1. The van der Waals surface area contributed by atoms with E-state index in [1.165, 1.54) is 12.8 Å². The van der Waals surface area contributed by atoms with Crippen LogP contribution >= 0.6 is 0 Å². The van der Waals surface area contributed by atoms with Gasteiger partial charge in [0, 0.05) is 12.6 Å². The molecule has 0 radical (unpaired) electrons. The third-order valence-electron chi connectivity index (χ3n) is 4.10. The summed E-state index contributed by atoms with van der Waals surface area (Å²) >= 11 is 0. The van der Waals surface area contributed by atoms with Gasteiger partial charge in [0.2, 0.25) is 0 Å². The average molecular weight is 262 g/mol. The van der Waals surface area contributed by atoms with Gasteiger partial charge in [0.25, 0.3) is 0 Å². The zero-order valence-corrected chi connectivity index (χ0v) is 12.1. The second-order valence-electron chi connectivity index (χ2n) is 5.85. The molecule has 106 valence electrons. The maximum absolute atomic E-state index is 11.3. The lowest BCUT2D eigenvalue weighted by Crippen LogP contribution is -2.51. The van der Waals surface area contributed by atoms with Crippen molar-refractivity contribution in [2.45, 2.75) is 37.3 Å². The third kappa shape index (κ3) is 3.56. The summed E-state index contributed by atoms with van der Waals surface area (Å²) < 4.78 is 0. The van der Waals surface area contributed by atoms with E-state index in [1.807, 2.05) is 30.3 Å². The standard InChI is InChI=1S/C16H26N2O/c1-18(2)13-11-16(19,14-8-4-3-5-9-14)15-10-6-7-12-17-15/h3-5,8-9,15,17,19H,6-7,10-13H2,1-2H3. The summed E-state index contributed by atoms with van der Waals surface area (Å²) in [5.41, 5.74) is 0.280. The van der Waals surface area contributed by atoms with E-state index in [1.54, 1.807) is 0 Å². The summed E-state index contributed by atoms with van der Waals surface area (Å²) in [5, 5.41) is 14.8. The van der Waals surface area contributed by atoms with Gasteiger partial charge in [-0.1, -0.05) is 36.8 Å². The first kappa shape index (κ1) is 14.5. The van der Waals surface area contributed by atoms with Crippen molar-refractivity contribution in [1.82, 2.24) is 10.2 Å². The molecule has 1 saturated heterocycles. The smallest absolute Gasteiger partial charge is 0.106 e. The molecule has 0 amide bonds. The minimum atomic E-state index is -0.758. The van der Waals surface area contributed by atoms with Crippen molar-refractivity contribution < 1.29 is 5.11 Å². The van der Waals surface area contributed by atoms with Crippen molar-refractivity contribution in [3.8, 4) is 0 Å². The lowest BCUT2D eigenvalue weighted by molar-refractivity contribution is -0.0246. The van der Waals surface area contributed by atoms with Crippen molar-refractivity contribution in [3.63, 3.8) is 0 Å². The first-order valence-electron chi connectivity index (χ1n) is 7.29. The molecule has 0 aromatic heterocycles. The summed E-state index contributed by atoms with van der Waals surface area (Å²) in [4.78, 5) is 2.14. The van der Waals surface area contributed by atoms with Crippen molar-refractivity contribution in [3.05, 3.63) is 35.9 Å². The highest BCUT2D eigenvalue weighted by atomic mass is 16.3. The van der Waals surface area contributed by atoms with Crippen molar-refractivity contribution >= 4 is 0 Å². The predicted molar refractivity (Wildman–Crippen MR) is 79.2 cm³/mol. The van der Waals surface area contributed by atoms with Crippen LogP contribution in [0.4, 0.5) is 0 Å². The molecule has 1 aromatic carbocycles. The summed E-state index contributed by atoms with van der Waals surface area (Å²) in [7, 11) is 4.11. The Balaban J connectivity index is 2.21. The van der Waals surface area contributed by atoms with Gasteiger partial charge in [-0.3, -0.25) is 0 Å². The lowest BCUT2D eigenvalue weighted by Gasteiger charge is -2.40. The largest absolute Gasteiger partial charge is 0.383 e. The Hall–Kier alpha value is -0.900. The van der Waals surface area contributed by atoms with E-state index in [-0.39, 0.29) is 6.04 Å². The fraction of sp³-hybridized carbons (Fsp3) is 0.625. The van der Waals surface area contributed by atoms with Crippen LogP contribution in [0.2, 0.25) is 0 Å². The Bertz CT molecular complexity index is 374. The number of piperidine rings is 1. The molecule has 19 heavy (non-hydrogen) atoms. The highest BCUT2D eigenvalue weighted by Gasteiger charge is 2.38. The van der Waals surface area contributed by atoms with Gasteiger partial charge in [0.15, 0.2) is 0 Å². The van der Waals surface area contributed by atoms with E-state index in [9.17, 15) is 5.11 Å². The molecule has 1 fully saturated rings. The van der Waals surface area contributed by atoms with E-state index in [0.717, 1.165) is 31.5 Å². The minimum absolute atomic E-state index is 0.170. The van der Waals surface area contributed by atoms with Gasteiger partial charge in [-0.15, -0.1) is 0 Å². The molecular weight excluding hydrogens is 236 g/mol. The number of nitrogens with one attached hydrogen (secondary N) is 1. The van der Waals surface area contributed by atoms with Gasteiger partial charge in [-0.25, -0.2) is 0 Å². The second kappa shape index (κ2) is 6.51. The molecule has 1 heterocycles. The van der Waals surface area contributed by atoms with Gasteiger partial charge in [0.05, 0.1) is 0 Å². The Morgan fingerprint density at radius 3 is 2.58 bits per heavy atom. The Labute approximate surface area is 116 Å². The van der Waals surface area contributed by atoms with Crippen molar-refractivity contribution in [1.29, 1.82) is 0 Å². The molecule has 3 heteroatoms. The van der Waals surface area contributed by atoms with Crippen LogP contribution < -0.4 is 5.32 Å². The summed E-state index contributed by atoms with van der Waals surface area (Å²) in [6.07, 6.45) is 4.24. The lowest BCUT2D eigenvalue weighted by atomic mass is 9.79. The maximum Gasteiger partial charge on any atom is 0.106 e. The molecule has 0 saturated carbocycles. The molecule has 2 unspecified atom stereocenters. The quantitative estimate of drug-likeness (QED) is 0.851. The van der Waals surface area contributed by atoms with Crippen molar-refractivity contribution in [2.75, 3.05) is 27.2 Å². The summed E-state index contributed by atoms with van der Waals surface area (Å²) in [6.45, 7) is 1.91. The van der Waals surface area contributed by atoms with Gasteiger partial charge in [0.1, 0.15) is 5.60 Å². The molecule has 2 atom stereocenters. The molecular formula is C16H26N2O. The van der Waals surface area contributed by atoms with Gasteiger partial charge >= 0.3 is 0 Å². The fourth-order valence-electron chi connectivity index (χ4n) is 2.90. The second-order valence-corrected chi connectivity index (χ2v) is 5.85. The normalized spacial score (nSPS) is 23.3. The third-order valence-corrected chi connectivity index (χ3v) is 4.10. The molecule has 1 aliphatic heterocycles. The van der Waals surface area contributed by atoms with E-state index < -0.39 is 5.60 Å². The number of aliphatic hydroxyl groups is 1. The first-order chi connectivity index (χ1) is 9.13. The van der Waals surface area contributed by atoms with Crippen LogP contribution in [-0.2, 0) is 5.60 Å². The monoisotopic (exact) mass is 262 g/mol. The van der Waals surface area contributed by atoms with Crippen LogP contribution in [0.15, 0.2) is 30.3 Å². The molecule has 3 nitrogen and oxygen atoms in total. The van der Waals surface area contributed by atoms with Gasteiger partial charge in [-0.05, 0) is 45.5 Å². The van der Waals surface area contributed by atoms with Gasteiger partial charge < -0.3 is 15.3 Å². The van der Waals surface area contributed by atoms with E-state index >= 15 is 0 Å². The molecule has 1 aliphatic rings. The van der Waals surface area contributed by atoms with Crippen LogP contribution in [0.1, 0.15) is 31.2 Å². The van der Waals surface area contributed by atoms with E-state index in [0.29, 0.717) is 0 Å². The molecule has 0 spiro atoms. The molecule has 0 aliphatic carbocycles. The molecule has 0 bridgehead atoms. The maximum atomic E-state index is 11.3. The Morgan fingerprint density at radius 1 is 1.26 bits per heavy atom. The number of hydrogen-bond acceptors (Lipinski definition) is 3. The topological polar surface area (TPSA) is 35.5 Å². The van der Waals surface area contributed by atoms with E-state index in [4.69, 9.17) is 0 Å². The molecule has 2 rings (SSSR count). The number of rotatable bonds is 5. The van der Waals surface area contributed by atoms with Crippen LogP contribution in [-0.4, -0.2) is 43.2 Å². The molecule has 2 N–H and O–H groups in total. The predicted octanol–water partition coefficient (Wildman–Crippen LogP) is 1.97. The van der Waals surface area contributed by atoms with Crippen LogP contribution in [0.5, 0.6) is 0 Å². The first-order valence-corrected chi connectivity index (χ1v) is 7.29.